The summed E-state index contributed by atoms with van der Waals surface area (Å²) in [7, 11) is 1.68. The van der Waals surface area contributed by atoms with Crippen LogP contribution in [0.15, 0.2) is 24.3 Å². The highest BCUT2D eigenvalue weighted by atomic mass is 16.5. The molecule has 1 rings (SSSR count). The minimum absolute atomic E-state index is 0.282. The Balaban J connectivity index is 2.36. The lowest BCUT2D eigenvalue weighted by molar-refractivity contribution is 0.416. The summed E-state index contributed by atoms with van der Waals surface area (Å²) < 4.78 is 5.24. The van der Waals surface area contributed by atoms with Gasteiger partial charge in [0.2, 0.25) is 0 Å². The normalized spacial score (nSPS) is 12.2. The second kappa shape index (κ2) is 6.30. The van der Waals surface area contributed by atoms with E-state index in [9.17, 15) is 0 Å². The van der Waals surface area contributed by atoms with E-state index < -0.39 is 0 Å². The van der Waals surface area contributed by atoms with E-state index in [1.807, 2.05) is 31.2 Å². The van der Waals surface area contributed by atoms with Crippen LogP contribution < -0.4 is 15.8 Å². The standard InChI is InChI=1S/C12H20N2O/c1-10(13)6-5-9-14-11-7-3-4-8-12(11)15-2/h3-4,7-8,10,14H,5-6,9,13H2,1-2H3. The van der Waals surface area contributed by atoms with Gasteiger partial charge in [-0.2, -0.15) is 0 Å². The number of anilines is 1. The monoisotopic (exact) mass is 208 g/mol. The summed E-state index contributed by atoms with van der Waals surface area (Å²) in [5, 5.41) is 3.34. The topological polar surface area (TPSA) is 47.3 Å². The van der Waals surface area contributed by atoms with Crippen LogP contribution in [0.25, 0.3) is 0 Å². The summed E-state index contributed by atoms with van der Waals surface area (Å²) in [6.45, 7) is 2.96. The lowest BCUT2D eigenvalue weighted by atomic mass is 10.2. The van der Waals surface area contributed by atoms with Crippen molar-refractivity contribution in [1.82, 2.24) is 0 Å². The molecular formula is C12H20N2O. The third-order valence-corrected chi connectivity index (χ3v) is 2.26. The minimum atomic E-state index is 0.282. The maximum absolute atomic E-state index is 5.68. The number of benzene rings is 1. The van der Waals surface area contributed by atoms with E-state index in [0.717, 1.165) is 30.8 Å². The Bertz CT molecular complexity index is 287. The van der Waals surface area contributed by atoms with E-state index in [1.165, 1.54) is 0 Å². The summed E-state index contributed by atoms with van der Waals surface area (Å²) in [6, 6.07) is 8.21. The van der Waals surface area contributed by atoms with Gasteiger partial charge >= 0.3 is 0 Å². The molecule has 0 saturated carbocycles. The second-order valence-corrected chi connectivity index (χ2v) is 3.75. The number of nitrogens with two attached hydrogens (primary N) is 1. The van der Waals surface area contributed by atoms with Crippen LogP contribution in [0.2, 0.25) is 0 Å². The first kappa shape index (κ1) is 11.9. The summed E-state index contributed by atoms with van der Waals surface area (Å²) in [5.74, 6) is 0.887. The molecule has 1 aromatic rings. The number of para-hydroxylation sites is 2. The van der Waals surface area contributed by atoms with E-state index in [-0.39, 0.29) is 6.04 Å². The fourth-order valence-electron chi connectivity index (χ4n) is 1.44. The molecule has 0 aliphatic rings. The predicted molar refractivity (Wildman–Crippen MR) is 64.4 cm³/mol. The highest BCUT2D eigenvalue weighted by Gasteiger charge is 2.00. The predicted octanol–water partition coefficient (Wildman–Crippen LogP) is 2.23. The van der Waals surface area contributed by atoms with Crippen molar-refractivity contribution in [3.63, 3.8) is 0 Å². The summed E-state index contributed by atoms with van der Waals surface area (Å²) in [4.78, 5) is 0. The van der Waals surface area contributed by atoms with Crippen molar-refractivity contribution < 1.29 is 4.74 Å². The molecule has 3 N–H and O–H groups in total. The Hall–Kier alpha value is -1.22. The molecule has 15 heavy (non-hydrogen) atoms. The zero-order chi connectivity index (χ0) is 11.1. The van der Waals surface area contributed by atoms with E-state index >= 15 is 0 Å². The van der Waals surface area contributed by atoms with Gasteiger partial charge in [-0.15, -0.1) is 0 Å². The first-order valence-corrected chi connectivity index (χ1v) is 5.36. The van der Waals surface area contributed by atoms with Crippen LogP contribution in [0.4, 0.5) is 5.69 Å². The van der Waals surface area contributed by atoms with Gasteiger partial charge in [0, 0.05) is 12.6 Å². The van der Waals surface area contributed by atoms with Crippen LogP contribution in [0.5, 0.6) is 5.75 Å². The average molecular weight is 208 g/mol. The second-order valence-electron chi connectivity index (χ2n) is 3.75. The fraction of sp³-hybridized carbons (Fsp3) is 0.500. The lowest BCUT2D eigenvalue weighted by Crippen LogP contribution is -2.16. The number of hydrogen-bond acceptors (Lipinski definition) is 3. The first-order valence-electron chi connectivity index (χ1n) is 5.36. The van der Waals surface area contributed by atoms with Crippen molar-refractivity contribution in [3.05, 3.63) is 24.3 Å². The molecule has 1 aromatic carbocycles. The molecule has 1 atom stereocenters. The smallest absolute Gasteiger partial charge is 0.141 e. The maximum Gasteiger partial charge on any atom is 0.141 e. The molecule has 0 radical (unpaired) electrons. The van der Waals surface area contributed by atoms with Crippen molar-refractivity contribution in [2.24, 2.45) is 5.73 Å². The largest absolute Gasteiger partial charge is 0.495 e. The summed E-state index contributed by atoms with van der Waals surface area (Å²) in [6.07, 6.45) is 2.12. The first-order chi connectivity index (χ1) is 7.24. The molecule has 3 heteroatoms. The highest BCUT2D eigenvalue weighted by Crippen LogP contribution is 2.22. The van der Waals surface area contributed by atoms with Crippen molar-refractivity contribution in [2.45, 2.75) is 25.8 Å². The Kier molecular flexibility index (Phi) is 4.98. The van der Waals surface area contributed by atoms with Gasteiger partial charge in [0.15, 0.2) is 0 Å². The quantitative estimate of drug-likeness (QED) is 0.705. The summed E-state index contributed by atoms with van der Waals surface area (Å²) in [5.41, 5.74) is 6.72. The minimum Gasteiger partial charge on any atom is -0.495 e. The Morgan fingerprint density at radius 2 is 2.13 bits per heavy atom. The van der Waals surface area contributed by atoms with Crippen molar-refractivity contribution in [2.75, 3.05) is 19.0 Å². The van der Waals surface area contributed by atoms with E-state index in [2.05, 4.69) is 5.32 Å². The van der Waals surface area contributed by atoms with E-state index in [0.29, 0.717) is 0 Å². The van der Waals surface area contributed by atoms with Crippen molar-refractivity contribution in [1.29, 1.82) is 0 Å². The van der Waals surface area contributed by atoms with Gasteiger partial charge in [-0.25, -0.2) is 0 Å². The number of methoxy groups -OCH3 is 1. The summed E-state index contributed by atoms with van der Waals surface area (Å²) >= 11 is 0. The van der Waals surface area contributed by atoms with Crippen LogP contribution in [0.3, 0.4) is 0 Å². The lowest BCUT2D eigenvalue weighted by Gasteiger charge is -2.11. The zero-order valence-electron chi connectivity index (χ0n) is 9.49. The Morgan fingerprint density at radius 3 is 2.80 bits per heavy atom. The molecule has 0 fully saturated rings. The van der Waals surface area contributed by atoms with Crippen LogP contribution >= 0.6 is 0 Å². The number of nitrogens with one attached hydrogen (secondary N) is 1. The maximum atomic E-state index is 5.68. The van der Waals surface area contributed by atoms with Crippen LogP contribution in [0, 0.1) is 0 Å². The third-order valence-electron chi connectivity index (χ3n) is 2.26. The fourth-order valence-corrected chi connectivity index (χ4v) is 1.44. The van der Waals surface area contributed by atoms with Crippen molar-refractivity contribution >= 4 is 5.69 Å². The third kappa shape index (κ3) is 4.21. The molecule has 0 saturated heterocycles. The molecule has 1 unspecified atom stereocenters. The van der Waals surface area contributed by atoms with Crippen LogP contribution in [0.1, 0.15) is 19.8 Å². The molecule has 0 heterocycles. The van der Waals surface area contributed by atoms with Gasteiger partial charge in [-0.05, 0) is 31.9 Å². The number of rotatable bonds is 6. The SMILES string of the molecule is COc1ccccc1NCCCC(C)N. The van der Waals surface area contributed by atoms with E-state index in [4.69, 9.17) is 10.5 Å². The molecule has 0 amide bonds. The molecule has 0 aliphatic heterocycles. The number of hydrogen-bond donors (Lipinski definition) is 2. The molecule has 0 aliphatic carbocycles. The van der Waals surface area contributed by atoms with Gasteiger partial charge in [0.05, 0.1) is 12.8 Å². The van der Waals surface area contributed by atoms with Crippen molar-refractivity contribution in [3.8, 4) is 5.75 Å². The van der Waals surface area contributed by atoms with Crippen LogP contribution in [-0.4, -0.2) is 19.7 Å². The van der Waals surface area contributed by atoms with Gasteiger partial charge in [0.25, 0.3) is 0 Å². The molecule has 0 spiro atoms. The van der Waals surface area contributed by atoms with Gasteiger partial charge in [-0.1, -0.05) is 12.1 Å². The Labute approximate surface area is 91.6 Å². The molecule has 3 nitrogen and oxygen atoms in total. The molecule has 84 valence electrons. The Morgan fingerprint density at radius 1 is 1.40 bits per heavy atom. The van der Waals surface area contributed by atoms with Crippen LogP contribution in [-0.2, 0) is 0 Å². The molecular weight excluding hydrogens is 188 g/mol. The van der Waals surface area contributed by atoms with Gasteiger partial charge in [0.1, 0.15) is 5.75 Å². The average Bonchev–Trinajstić information content (AvgIpc) is 2.24. The highest BCUT2D eigenvalue weighted by molar-refractivity contribution is 5.55. The van der Waals surface area contributed by atoms with E-state index in [1.54, 1.807) is 7.11 Å². The zero-order valence-corrected chi connectivity index (χ0v) is 9.49. The molecule has 0 aromatic heterocycles. The van der Waals surface area contributed by atoms with Gasteiger partial charge < -0.3 is 15.8 Å². The van der Waals surface area contributed by atoms with Gasteiger partial charge in [-0.3, -0.25) is 0 Å². The molecule has 0 bridgehead atoms. The number of ether oxygens (including phenoxy) is 1.